The highest BCUT2D eigenvalue weighted by atomic mass is 35.5. The van der Waals surface area contributed by atoms with E-state index < -0.39 is 0 Å². The SMILES string of the molecule is O=C(Cc1cccs1)N1CCCC(c2nc3c(nnn3Cc3cccc(Cl)c3)c(=O)[nH]2)C1. The Bertz CT molecular complexity index is 1320. The van der Waals surface area contributed by atoms with Crippen molar-refractivity contribution in [3.63, 3.8) is 0 Å². The molecule has 5 rings (SSSR count). The summed E-state index contributed by atoms with van der Waals surface area (Å²) >= 11 is 7.68. The zero-order valence-electron chi connectivity index (χ0n) is 17.2. The number of piperidine rings is 1. The van der Waals surface area contributed by atoms with E-state index in [4.69, 9.17) is 16.6 Å². The van der Waals surface area contributed by atoms with E-state index >= 15 is 0 Å². The number of likely N-dealkylation sites (tertiary alicyclic amines) is 1. The van der Waals surface area contributed by atoms with Crippen LogP contribution in [-0.4, -0.2) is 48.9 Å². The van der Waals surface area contributed by atoms with Gasteiger partial charge in [-0.1, -0.05) is 35.0 Å². The maximum Gasteiger partial charge on any atom is 0.281 e. The van der Waals surface area contributed by atoms with E-state index in [1.54, 1.807) is 22.1 Å². The van der Waals surface area contributed by atoms with Crippen molar-refractivity contribution in [1.82, 2.24) is 29.9 Å². The number of nitrogens with one attached hydrogen (secondary N) is 1. The van der Waals surface area contributed by atoms with Gasteiger partial charge in [0.1, 0.15) is 5.82 Å². The summed E-state index contributed by atoms with van der Waals surface area (Å²) in [4.78, 5) is 36.0. The molecule has 0 spiro atoms. The summed E-state index contributed by atoms with van der Waals surface area (Å²) in [5.74, 6) is 0.640. The number of fused-ring (bicyclic) bond motifs is 1. The first-order valence-electron chi connectivity index (χ1n) is 10.4. The van der Waals surface area contributed by atoms with Gasteiger partial charge in [0.25, 0.3) is 5.56 Å². The molecule has 1 N–H and O–H groups in total. The largest absolute Gasteiger partial charge is 0.342 e. The Kier molecular flexibility index (Phi) is 5.75. The van der Waals surface area contributed by atoms with Crippen molar-refractivity contribution < 1.29 is 4.79 Å². The van der Waals surface area contributed by atoms with Gasteiger partial charge in [0.15, 0.2) is 11.2 Å². The second-order valence-corrected chi connectivity index (χ2v) is 9.40. The number of carbonyl (C=O) groups excluding carboxylic acids is 1. The Morgan fingerprint density at radius 1 is 1.28 bits per heavy atom. The molecular formula is C22H21ClN6O2S. The lowest BCUT2D eigenvalue weighted by Gasteiger charge is -2.32. The van der Waals surface area contributed by atoms with Crippen molar-refractivity contribution in [3.05, 3.63) is 73.4 Å². The third-order valence-corrected chi connectivity index (χ3v) is 6.79. The number of nitrogens with zero attached hydrogens (tertiary/aromatic N) is 5. The van der Waals surface area contributed by atoms with E-state index in [0.29, 0.717) is 36.0 Å². The lowest BCUT2D eigenvalue weighted by atomic mass is 9.97. The quantitative estimate of drug-likeness (QED) is 0.485. The molecule has 4 aromatic rings. The molecule has 0 radical (unpaired) electrons. The number of aromatic nitrogens is 5. The van der Waals surface area contributed by atoms with E-state index in [1.165, 1.54) is 0 Å². The van der Waals surface area contributed by atoms with E-state index in [9.17, 15) is 9.59 Å². The first-order chi connectivity index (χ1) is 15.6. The average Bonchev–Trinajstić information content (AvgIpc) is 3.44. The Balaban J connectivity index is 1.40. The number of hydrogen-bond donors (Lipinski definition) is 1. The zero-order valence-corrected chi connectivity index (χ0v) is 18.8. The molecule has 1 aliphatic heterocycles. The normalized spacial score (nSPS) is 16.5. The van der Waals surface area contributed by atoms with Crippen molar-refractivity contribution in [3.8, 4) is 0 Å². The second kappa shape index (κ2) is 8.84. The smallest absolute Gasteiger partial charge is 0.281 e. The standard InChI is InChI=1S/C22H21ClN6O2S/c23-16-6-1-4-14(10-16)12-29-21-19(26-27-29)22(31)25-20(24-21)15-5-2-8-28(13-15)18(30)11-17-7-3-9-32-17/h1,3-4,6-7,9-10,15H,2,5,8,11-13H2,(H,24,25,31). The van der Waals surface area contributed by atoms with Crippen LogP contribution in [0.3, 0.4) is 0 Å². The summed E-state index contributed by atoms with van der Waals surface area (Å²) in [6, 6.07) is 11.4. The monoisotopic (exact) mass is 468 g/mol. The van der Waals surface area contributed by atoms with Gasteiger partial charge in [-0.15, -0.1) is 16.4 Å². The van der Waals surface area contributed by atoms with Crippen molar-refractivity contribution in [2.45, 2.75) is 31.7 Å². The molecule has 0 bridgehead atoms. The van der Waals surface area contributed by atoms with Crippen LogP contribution in [0.2, 0.25) is 5.02 Å². The van der Waals surface area contributed by atoms with Gasteiger partial charge in [-0.25, -0.2) is 9.67 Å². The maximum absolute atomic E-state index is 12.8. The number of hydrogen-bond acceptors (Lipinski definition) is 6. The summed E-state index contributed by atoms with van der Waals surface area (Å²) in [6.45, 7) is 1.67. The predicted octanol–water partition coefficient (Wildman–Crippen LogP) is 3.23. The van der Waals surface area contributed by atoms with Gasteiger partial charge in [-0.2, -0.15) is 0 Å². The van der Waals surface area contributed by atoms with Crippen molar-refractivity contribution in [2.75, 3.05) is 13.1 Å². The fraction of sp³-hybridized carbons (Fsp3) is 0.318. The van der Waals surface area contributed by atoms with Gasteiger partial charge in [-0.3, -0.25) is 9.59 Å². The van der Waals surface area contributed by atoms with Crippen LogP contribution in [0.25, 0.3) is 11.2 Å². The lowest BCUT2D eigenvalue weighted by Crippen LogP contribution is -2.40. The molecule has 1 amide bonds. The molecule has 1 atom stereocenters. The number of aromatic amines is 1. The van der Waals surface area contributed by atoms with E-state index in [1.807, 2.05) is 40.6 Å². The van der Waals surface area contributed by atoms with Gasteiger partial charge in [0, 0.05) is 28.9 Å². The molecule has 164 valence electrons. The summed E-state index contributed by atoms with van der Waals surface area (Å²) < 4.78 is 1.61. The molecule has 1 fully saturated rings. The highest BCUT2D eigenvalue weighted by Gasteiger charge is 2.27. The molecule has 0 saturated carbocycles. The molecule has 1 aromatic carbocycles. The lowest BCUT2D eigenvalue weighted by molar-refractivity contribution is -0.131. The van der Waals surface area contributed by atoms with Gasteiger partial charge >= 0.3 is 0 Å². The number of halogens is 1. The average molecular weight is 469 g/mol. The van der Waals surface area contributed by atoms with Crippen LogP contribution in [0.15, 0.2) is 46.6 Å². The highest BCUT2D eigenvalue weighted by molar-refractivity contribution is 7.10. The van der Waals surface area contributed by atoms with Crippen LogP contribution >= 0.6 is 22.9 Å². The summed E-state index contributed by atoms with van der Waals surface area (Å²) in [5, 5.41) is 10.8. The Morgan fingerprint density at radius 2 is 2.19 bits per heavy atom. The molecule has 32 heavy (non-hydrogen) atoms. The van der Waals surface area contributed by atoms with Crippen molar-refractivity contribution >= 4 is 40.0 Å². The number of amides is 1. The highest BCUT2D eigenvalue weighted by Crippen LogP contribution is 2.25. The van der Waals surface area contributed by atoms with E-state index in [0.717, 1.165) is 29.8 Å². The molecule has 4 heterocycles. The van der Waals surface area contributed by atoms with Crippen LogP contribution in [-0.2, 0) is 17.8 Å². The number of rotatable bonds is 5. The minimum atomic E-state index is -0.315. The van der Waals surface area contributed by atoms with Crippen LogP contribution < -0.4 is 5.56 Å². The van der Waals surface area contributed by atoms with Crippen molar-refractivity contribution in [1.29, 1.82) is 0 Å². The predicted molar refractivity (Wildman–Crippen MR) is 123 cm³/mol. The number of carbonyl (C=O) groups is 1. The minimum Gasteiger partial charge on any atom is -0.342 e. The van der Waals surface area contributed by atoms with Gasteiger partial charge in [-0.05, 0) is 42.0 Å². The summed E-state index contributed by atoms with van der Waals surface area (Å²) in [5.41, 5.74) is 1.27. The molecule has 1 aliphatic rings. The molecule has 3 aromatic heterocycles. The first kappa shape index (κ1) is 20.8. The molecule has 1 unspecified atom stereocenters. The Labute approximate surface area is 192 Å². The topological polar surface area (TPSA) is 96.8 Å². The molecule has 1 saturated heterocycles. The van der Waals surface area contributed by atoms with Crippen LogP contribution in [0.1, 0.15) is 35.0 Å². The van der Waals surface area contributed by atoms with Gasteiger partial charge in [0.05, 0.1) is 13.0 Å². The van der Waals surface area contributed by atoms with Crippen molar-refractivity contribution in [2.24, 2.45) is 0 Å². The zero-order chi connectivity index (χ0) is 22.1. The van der Waals surface area contributed by atoms with E-state index in [2.05, 4.69) is 15.3 Å². The Morgan fingerprint density at radius 3 is 3.00 bits per heavy atom. The van der Waals surface area contributed by atoms with Gasteiger partial charge in [0.2, 0.25) is 5.91 Å². The fourth-order valence-electron chi connectivity index (χ4n) is 4.09. The molecule has 10 heteroatoms. The van der Waals surface area contributed by atoms with Crippen LogP contribution in [0, 0.1) is 0 Å². The Hall–Kier alpha value is -3.04. The number of thiophene rings is 1. The molecular weight excluding hydrogens is 448 g/mol. The first-order valence-corrected chi connectivity index (χ1v) is 11.7. The molecule has 8 nitrogen and oxygen atoms in total. The summed E-state index contributed by atoms with van der Waals surface area (Å²) in [7, 11) is 0. The van der Waals surface area contributed by atoms with E-state index in [-0.39, 0.29) is 22.9 Å². The molecule has 0 aliphatic carbocycles. The minimum absolute atomic E-state index is 0.0392. The van der Waals surface area contributed by atoms with Crippen LogP contribution in [0.5, 0.6) is 0 Å². The van der Waals surface area contributed by atoms with Crippen LogP contribution in [0.4, 0.5) is 0 Å². The second-order valence-electron chi connectivity index (χ2n) is 7.94. The maximum atomic E-state index is 12.8. The third kappa shape index (κ3) is 4.31. The third-order valence-electron chi connectivity index (χ3n) is 5.68. The van der Waals surface area contributed by atoms with Gasteiger partial charge < -0.3 is 9.88 Å². The summed E-state index contributed by atoms with van der Waals surface area (Å²) in [6.07, 6.45) is 2.12. The number of benzene rings is 1. The number of H-pyrrole nitrogens is 1. The fourth-order valence-corrected chi connectivity index (χ4v) is 5.00.